The predicted molar refractivity (Wildman–Crippen MR) is 74.7 cm³/mol. The summed E-state index contributed by atoms with van der Waals surface area (Å²) in [6, 6.07) is 5.59. The van der Waals surface area contributed by atoms with E-state index in [4.69, 9.17) is 9.26 Å². The summed E-state index contributed by atoms with van der Waals surface area (Å²) in [5, 5.41) is 6.40. The Morgan fingerprint density at radius 3 is 2.81 bits per heavy atom. The minimum absolute atomic E-state index is 0.124. The number of benzene rings is 1. The van der Waals surface area contributed by atoms with E-state index in [1.165, 1.54) is 24.1 Å². The van der Waals surface area contributed by atoms with Gasteiger partial charge in [-0.15, -0.1) is 0 Å². The molecule has 21 heavy (non-hydrogen) atoms. The number of rotatable bonds is 4. The van der Waals surface area contributed by atoms with Crippen LogP contribution in [0, 0.1) is 12.7 Å². The number of ether oxygens (including phenoxy) is 1. The van der Waals surface area contributed by atoms with Crippen molar-refractivity contribution in [3.05, 3.63) is 41.5 Å². The Labute approximate surface area is 121 Å². The third kappa shape index (κ3) is 3.71. The Hall–Kier alpha value is -2.57. The number of aromatic nitrogens is 1. The molecule has 1 aromatic heterocycles. The molecule has 0 unspecified atom stereocenters. The third-order valence-electron chi connectivity index (χ3n) is 2.83. The fourth-order valence-electron chi connectivity index (χ4n) is 1.77. The summed E-state index contributed by atoms with van der Waals surface area (Å²) in [7, 11) is 2.99. The monoisotopic (exact) mass is 293 g/mol. The van der Waals surface area contributed by atoms with Crippen LogP contribution in [0.15, 0.2) is 28.8 Å². The Morgan fingerprint density at radius 1 is 1.48 bits per heavy atom. The number of amides is 2. The Bertz CT molecular complexity index is 642. The van der Waals surface area contributed by atoms with E-state index in [0.29, 0.717) is 23.7 Å². The van der Waals surface area contributed by atoms with Crippen LogP contribution in [-0.4, -0.2) is 30.2 Å². The summed E-state index contributed by atoms with van der Waals surface area (Å²) in [5.74, 6) is 0.264. The van der Waals surface area contributed by atoms with Crippen LogP contribution in [0.4, 0.5) is 14.9 Å². The lowest BCUT2D eigenvalue weighted by Crippen LogP contribution is -2.30. The van der Waals surface area contributed by atoms with Crippen molar-refractivity contribution in [2.45, 2.75) is 13.5 Å². The van der Waals surface area contributed by atoms with Crippen LogP contribution in [0.3, 0.4) is 0 Å². The topological polar surface area (TPSA) is 67.6 Å². The Balaban J connectivity index is 1.98. The van der Waals surface area contributed by atoms with Crippen LogP contribution >= 0.6 is 0 Å². The number of aryl methyl sites for hydroxylation is 1. The molecule has 0 aliphatic heterocycles. The largest absolute Gasteiger partial charge is 0.494 e. The highest BCUT2D eigenvalue weighted by atomic mass is 19.1. The summed E-state index contributed by atoms with van der Waals surface area (Å²) >= 11 is 0. The molecule has 2 rings (SSSR count). The molecule has 0 atom stereocenters. The molecule has 112 valence electrons. The maximum atomic E-state index is 13.5. The predicted octanol–water partition coefficient (Wildman–Crippen LogP) is 2.79. The molecule has 0 bridgehead atoms. The van der Waals surface area contributed by atoms with Crippen molar-refractivity contribution in [3.63, 3.8) is 0 Å². The third-order valence-corrected chi connectivity index (χ3v) is 2.83. The van der Waals surface area contributed by atoms with Crippen molar-refractivity contribution in [2.24, 2.45) is 0 Å². The first kappa shape index (κ1) is 14.8. The molecular weight excluding hydrogens is 277 g/mol. The number of hydrogen-bond donors (Lipinski definition) is 1. The first-order chi connectivity index (χ1) is 9.99. The van der Waals surface area contributed by atoms with E-state index in [9.17, 15) is 9.18 Å². The van der Waals surface area contributed by atoms with Crippen molar-refractivity contribution < 1.29 is 18.4 Å². The van der Waals surface area contributed by atoms with E-state index in [1.54, 1.807) is 26.1 Å². The summed E-state index contributed by atoms with van der Waals surface area (Å²) in [6.45, 7) is 2.07. The summed E-state index contributed by atoms with van der Waals surface area (Å²) in [4.78, 5) is 13.4. The van der Waals surface area contributed by atoms with Crippen molar-refractivity contribution in [1.82, 2.24) is 10.1 Å². The van der Waals surface area contributed by atoms with Gasteiger partial charge in [-0.3, -0.25) is 0 Å². The van der Waals surface area contributed by atoms with Crippen LogP contribution in [0.1, 0.15) is 11.5 Å². The molecule has 6 nitrogen and oxygen atoms in total. The van der Waals surface area contributed by atoms with Gasteiger partial charge in [-0.25, -0.2) is 9.18 Å². The lowest BCUT2D eigenvalue weighted by molar-refractivity contribution is 0.219. The molecule has 1 heterocycles. The van der Waals surface area contributed by atoms with Crippen LogP contribution < -0.4 is 10.1 Å². The number of carbonyl (C=O) groups excluding carboxylic acids is 1. The standard InChI is InChI=1S/C14H16FN3O3/c1-9-6-11(17-21-9)8-18(2)14(19)16-10-4-5-13(20-3)12(15)7-10/h4-7H,8H2,1-3H3,(H,16,19). The molecule has 7 heteroatoms. The molecule has 0 spiro atoms. The van der Waals surface area contributed by atoms with Gasteiger partial charge in [0.05, 0.1) is 13.7 Å². The van der Waals surface area contributed by atoms with E-state index in [-0.39, 0.29) is 11.8 Å². The van der Waals surface area contributed by atoms with Crippen LogP contribution in [0.2, 0.25) is 0 Å². The number of halogens is 1. The number of anilines is 1. The van der Waals surface area contributed by atoms with Gasteiger partial charge in [0.15, 0.2) is 11.6 Å². The molecular formula is C14H16FN3O3. The zero-order valence-electron chi connectivity index (χ0n) is 12.0. The van der Waals surface area contributed by atoms with Gasteiger partial charge in [0.2, 0.25) is 0 Å². The minimum atomic E-state index is -0.537. The Morgan fingerprint density at radius 2 is 2.24 bits per heavy atom. The molecule has 0 aliphatic rings. The van der Waals surface area contributed by atoms with E-state index >= 15 is 0 Å². The van der Waals surface area contributed by atoms with E-state index in [0.717, 1.165) is 0 Å². The van der Waals surface area contributed by atoms with Gasteiger partial charge in [-0.05, 0) is 19.1 Å². The van der Waals surface area contributed by atoms with Gasteiger partial charge in [-0.2, -0.15) is 0 Å². The number of hydrogen-bond acceptors (Lipinski definition) is 4. The minimum Gasteiger partial charge on any atom is -0.494 e. The van der Waals surface area contributed by atoms with Gasteiger partial charge >= 0.3 is 6.03 Å². The second-order valence-corrected chi connectivity index (χ2v) is 4.56. The highest BCUT2D eigenvalue weighted by Gasteiger charge is 2.13. The molecule has 2 amide bonds. The summed E-state index contributed by atoms with van der Waals surface area (Å²) < 4.78 is 23.3. The summed E-state index contributed by atoms with van der Waals surface area (Å²) in [5.41, 5.74) is 0.993. The van der Waals surface area contributed by atoms with Crippen molar-refractivity contribution in [3.8, 4) is 5.75 Å². The van der Waals surface area contributed by atoms with Crippen molar-refractivity contribution in [2.75, 3.05) is 19.5 Å². The maximum Gasteiger partial charge on any atom is 0.321 e. The number of urea groups is 1. The molecule has 0 radical (unpaired) electrons. The number of carbonyl (C=O) groups is 1. The molecule has 0 aliphatic carbocycles. The van der Waals surface area contributed by atoms with Gasteiger partial charge in [0.25, 0.3) is 0 Å². The molecule has 0 saturated heterocycles. The zero-order valence-corrected chi connectivity index (χ0v) is 12.0. The Kier molecular flexibility index (Phi) is 4.42. The summed E-state index contributed by atoms with van der Waals surface area (Å²) in [6.07, 6.45) is 0. The second-order valence-electron chi connectivity index (χ2n) is 4.56. The fourth-order valence-corrected chi connectivity index (χ4v) is 1.77. The molecule has 1 N–H and O–H groups in total. The van der Waals surface area contributed by atoms with Crippen LogP contribution in [-0.2, 0) is 6.54 Å². The fraction of sp³-hybridized carbons (Fsp3) is 0.286. The first-order valence-electron chi connectivity index (χ1n) is 6.27. The van der Waals surface area contributed by atoms with Gasteiger partial charge < -0.3 is 19.5 Å². The molecule has 1 aromatic carbocycles. The van der Waals surface area contributed by atoms with Crippen LogP contribution in [0.25, 0.3) is 0 Å². The normalized spacial score (nSPS) is 10.3. The number of nitrogens with zero attached hydrogens (tertiary/aromatic N) is 2. The average molecular weight is 293 g/mol. The van der Waals surface area contributed by atoms with Gasteiger partial charge in [0, 0.05) is 24.9 Å². The van der Waals surface area contributed by atoms with Crippen LogP contribution in [0.5, 0.6) is 5.75 Å². The van der Waals surface area contributed by atoms with E-state index in [2.05, 4.69) is 10.5 Å². The SMILES string of the molecule is COc1ccc(NC(=O)N(C)Cc2cc(C)on2)cc1F. The highest BCUT2D eigenvalue weighted by molar-refractivity contribution is 5.89. The lowest BCUT2D eigenvalue weighted by Gasteiger charge is -2.16. The van der Waals surface area contributed by atoms with E-state index in [1.807, 2.05) is 0 Å². The molecule has 0 saturated carbocycles. The molecule has 2 aromatic rings. The quantitative estimate of drug-likeness (QED) is 0.941. The zero-order chi connectivity index (χ0) is 15.4. The average Bonchev–Trinajstić information content (AvgIpc) is 2.84. The smallest absolute Gasteiger partial charge is 0.321 e. The van der Waals surface area contributed by atoms with Gasteiger partial charge in [0.1, 0.15) is 11.5 Å². The second kappa shape index (κ2) is 6.25. The maximum absolute atomic E-state index is 13.5. The highest BCUT2D eigenvalue weighted by Crippen LogP contribution is 2.20. The van der Waals surface area contributed by atoms with Gasteiger partial charge in [-0.1, -0.05) is 5.16 Å². The number of methoxy groups -OCH3 is 1. The molecule has 0 fully saturated rings. The van der Waals surface area contributed by atoms with E-state index < -0.39 is 5.82 Å². The van der Waals surface area contributed by atoms with Crippen molar-refractivity contribution >= 4 is 11.7 Å². The number of nitrogens with one attached hydrogen (secondary N) is 1. The lowest BCUT2D eigenvalue weighted by atomic mass is 10.3. The first-order valence-corrected chi connectivity index (χ1v) is 6.27. The van der Waals surface area contributed by atoms with Crippen molar-refractivity contribution in [1.29, 1.82) is 0 Å².